The maximum absolute atomic E-state index is 6.18. The van der Waals surface area contributed by atoms with Crippen LogP contribution in [0.5, 0.6) is 5.75 Å². The Labute approximate surface area is 189 Å². The van der Waals surface area contributed by atoms with Gasteiger partial charge in [-0.05, 0) is 66.1 Å². The Morgan fingerprint density at radius 1 is 1.00 bits per heavy atom. The molecule has 3 aliphatic heterocycles. The lowest BCUT2D eigenvalue weighted by Gasteiger charge is -2.27. The second-order valence-electron chi connectivity index (χ2n) is 8.54. The minimum Gasteiger partial charge on any atom is -0.494 e. The predicted molar refractivity (Wildman–Crippen MR) is 128 cm³/mol. The Kier molecular flexibility index (Phi) is 6.53. The van der Waals surface area contributed by atoms with Crippen molar-refractivity contribution in [2.45, 2.75) is 24.2 Å². The second kappa shape index (κ2) is 9.68. The molecule has 3 heterocycles. The van der Waals surface area contributed by atoms with Crippen LogP contribution in [0.4, 0.5) is 0 Å². The second-order valence-corrected chi connectivity index (χ2v) is 9.42. The molecule has 164 valence electrons. The molecule has 31 heavy (non-hydrogen) atoms. The number of benzene rings is 2. The van der Waals surface area contributed by atoms with E-state index in [1.807, 2.05) is 0 Å². The standard InChI is InChI=1S/C26H32N2O2S/c1-31-22-8-5-20(6-9-22)25-19-28-12-2-4-26(28)24-18-21(7-10-23(24)25)30-15-3-11-27-13-16-29-17-14-27/h5-10,18H,2-4,11-17,19H2,1H3. The molecule has 3 aliphatic rings. The molecule has 2 aromatic rings. The number of fused-ring (bicyclic) bond motifs is 2. The van der Waals surface area contributed by atoms with E-state index in [2.05, 4.69) is 58.5 Å². The first-order valence-corrected chi connectivity index (χ1v) is 12.7. The van der Waals surface area contributed by atoms with Crippen LogP contribution in [0.25, 0.3) is 11.3 Å². The van der Waals surface area contributed by atoms with Gasteiger partial charge in [0.2, 0.25) is 0 Å². The molecular formula is C26H32N2O2S. The van der Waals surface area contributed by atoms with Crippen molar-refractivity contribution < 1.29 is 9.47 Å². The summed E-state index contributed by atoms with van der Waals surface area (Å²) in [6, 6.07) is 15.8. The number of ether oxygens (including phenoxy) is 2. The summed E-state index contributed by atoms with van der Waals surface area (Å²) < 4.78 is 11.6. The number of hydrogen-bond acceptors (Lipinski definition) is 5. The Hall–Kier alpha value is -1.95. The maximum Gasteiger partial charge on any atom is 0.119 e. The third kappa shape index (κ3) is 4.64. The Morgan fingerprint density at radius 2 is 1.84 bits per heavy atom. The molecule has 0 atom stereocenters. The van der Waals surface area contributed by atoms with E-state index in [0.717, 1.165) is 64.7 Å². The molecule has 0 unspecified atom stereocenters. The Balaban J connectivity index is 1.38. The third-order valence-corrected chi connectivity index (χ3v) is 7.37. The summed E-state index contributed by atoms with van der Waals surface area (Å²) in [4.78, 5) is 6.35. The van der Waals surface area contributed by atoms with E-state index in [1.165, 1.54) is 45.0 Å². The normalized spacial score (nSPS) is 18.8. The molecule has 5 rings (SSSR count). The van der Waals surface area contributed by atoms with Crippen molar-refractivity contribution in [2.75, 3.05) is 58.8 Å². The molecule has 4 nitrogen and oxygen atoms in total. The topological polar surface area (TPSA) is 24.9 Å². The molecule has 0 radical (unpaired) electrons. The van der Waals surface area contributed by atoms with Crippen LogP contribution < -0.4 is 15.2 Å². The molecule has 2 fully saturated rings. The molecule has 0 bridgehead atoms. The minimum atomic E-state index is 0.766. The van der Waals surface area contributed by atoms with Gasteiger partial charge in [0.25, 0.3) is 0 Å². The molecule has 5 heteroatoms. The van der Waals surface area contributed by atoms with E-state index in [4.69, 9.17) is 9.47 Å². The van der Waals surface area contributed by atoms with E-state index in [-0.39, 0.29) is 0 Å². The fourth-order valence-corrected chi connectivity index (χ4v) is 5.35. The van der Waals surface area contributed by atoms with Gasteiger partial charge in [-0.2, -0.15) is 0 Å². The molecule has 0 spiro atoms. The third-order valence-electron chi connectivity index (χ3n) is 6.63. The summed E-state index contributed by atoms with van der Waals surface area (Å²) in [7, 11) is 0. The SMILES string of the molecule is CSc1ccc(C2=c3ccc(OCCCN4CCOCC4)cc3=C3CCCN3C2)cc1. The van der Waals surface area contributed by atoms with E-state index < -0.39 is 0 Å². The van der Waals surface area contributed by atoms with Gasteiger partial charge in [0, 0.05) is 48.5 Å². The summed E-state index contributed by atoms with van der Waals surface area (Å²) in [5.41, 5.74) is 4.27. The maximum atomic E-state index is 6.18. The van der Waals surface area contributed by atoms with Crippen LogP contribution in [0.3, 0.4) is 0 Å². The van der Waals surface area contributed by atoms with Crippen LogP contribution in [0, 0.1) is 0 Å². The molecule has 0 N–H and O–H groups in total. The van der Waals surface area contributed by atoms with Crippen LogP contribution in [-0.2, 0) is 4.74 Å². The molecule has 2 aromatic carbocycles. The number of nitrogens with zero attached hydrogens (tertiary/aromatic N) is 2. The largest absolute Gasteiger partial charge is 0.494 e. The summed E-state index contributed by atoms with van der Waals surface area (Å²) in [6.45, 7) is 7.84. The van der Waals surface area contributed by atoms with Crippen LogP contribution in [-0.4, -0.2) is 68.6 Å². The first-order chi connectivity index (χ1) is 15.3. The van der Waals surface area contributed by atoms with Gasteiger partial charge < -0.3 is 14.4 Å². The zero-order valence-electron chi connectivity index (χ0n) is 18.4. The molecule has 2 saturated heterocycles. The molecule has 0 amide bonds. The first-order valence-electron chi connectivity index (χ1n) is 11.5. The van der Waals surface area contributed by atoms with Gasteiger partial charge in [0.05, 0.1) is 19.8 Å². The first kappa shape index (κ1) is 20.9. The van der Waals surface area contributed by atoms with Gasteiger partial charge in [-0.1, -0.05) is 18.2 Å². The van der Waals surface area contributed by atoms with Gasteiger partial charge in [-0.3, -0.25) is 4.90 Å². The van der Waals surface area contributed by atoms with Crippen molar-refractivity contribution in [2.24, 2.45) is 0 Å². The minimum absolute atomic E-state index is 0.766. The fraction of sp³-hybridized carbons (Fsp3) is 0.462. The highest BCUT2D eigenvalue weighted by molar-refractivity contribution is 7.98. The zero-order chi connectivity index (χ0) is 21.0. The fourth-order valence-electron chi connectivity index (χ4n) is 4.94. The molecular weight excluding hydrogens is 404 g/mol. The molecule has 0 aromatic heterocycles. The number of hydrogen-bond donors (Lipinski definition) is 0. The lowest BCUT2D eigenvalue weighted by Crippen LogP contribution is -2.41. The zero-order valence-corrected chi connectivity index (χ0v) is 19.3. The Morgan fingerprint density at radius 3 is 2.65 bits per heavy atom. The van der Waals surface area contributed by atoms with E-state index in [1.54, 1.807) is 11.8 Å². The van der Waals surface area contributed by atoms with Crippen LogP contribution in [0.15, 0.2) is 47.4 Å². The van der Waals surface area contributed by atoms with E-state index >= 15 is 0 Å². The molecule has 0 aliphatic carbocycles. The van der Waals surface area contributed by atoms with Crippen molar-refractivity contribution in [3.05, 3.63) is 58.5 Å². The summed E-state index contributed by atoms with van der Waals surface area (Å²) >= 11 is 1.80. The van der Waals surface area contributed by atoms with Gasteiger partial charge in [-0.15, -0.1) is 11.8 Å². The van der Waals surface area contributed by atoms with Gasteiger partial charge in [-0.25, -0.2) is 0 Å². The Bertz CT molecular complexity index is 1030. The van der Waals surface area contributed by atoms with Gasteiger partial charge in [0.1, 0.15) is 5.75 Å². The smallest absolute Gasteiger partial charge is 0.119 e. The van der Waals surface area contributed by atoms with E-state index in [0.29, 0.717) is 0 Å². The van der Waals surface area contributed by atoms with Crippen molar-refractivity contribution in [3.63, 3.8) is 0 Å². The molecule has 0 saturated carbocycles. The highest BCUT2D eigenvalue weighted by Crippen LogP contribution is 2.27. The quantitative estimate of drug-likeness (QED) is 0.491. The highest BCUT2D eigenvalue weighted by Gasteiger charge is 2.24. The summed E-state index contributed by atoms with van der Waals surface area (Å²) in [5.74, 6) is 0.999. The number of thioether (sulfide) groups is 1. The van der Waals surface area contributed by atoms with Crippen LogP contribution in [0.2, 0.25) is 0 Å². The average Bonchev–Trinajstić information content (AvgIpc) is 3.31. The van der Waals surface area contributed by atoms with Crippen molar-refractivity contribution in [3.8, 4) is 5.75 Å². The lowest BCUT2D eigenvalue weighted by molar-refractivity contribution is 0.0358. The summed E-state index contributed by atoms with van der Waals surface area (Å²) in [6.07, 6.45) is 5.61. The van der Waals surface area contributed by atoms with Crippen molar-refractivity contribution >= 4 is 23.0 Å². The number of morpholine rings is 1. The van der Waals surface area contributed by atoms with Crippen molar-refractivity contribution in [1.82, 2.24) is 9.80 Å². The summed E-state index contributed by atoms with van der Waals surface area (Å²) in [5, 5.41) is 2.75. The highest BCUT2D eigenvalue weighted by atomic mass is 32.2. The van der Waals surface area contributed by atoms with Gasteiger partial charge >= 0.3 is 0 Å². The van der Waals surface area contributed by atoms with Gasteiger partial charge in [0.15, 0.2) is 0 Å². The van der Waals surface area contributed by atoms with Crippen LogP contribution >= 0.6 is 11.8 Å². The lowest BCUT2D eigenvalue weighted by atomic mass is 9.97. The van der Waals surface area contributed by atoms with E-state index in [9.17, 15) is 0 Å². The number of rotatable bonds is 7. The van der Waals surface area contributed by atoms with Crippen molar-refractivity contribution in [1.29, 1.82) is 0 Å². The predicted octanol–water partition coefficient (Wildman–Crippen LogP) is 2.93. The monoisotopic (exact) mass is 436 g/mol. The van der Waals surface area contributed by atoms with Crippen LogP contribution in [0.1, 0.15) is 24.8 Å². The average molecular weight is 437 g/mol.